The number of para-hydroxylation sites is 1. The summed E-state index contributed by atoms with van der Waals surface area (Å²) in [6.07, 6.45) is 3.72. The highest BCUT2D eigenvalue weighted by molar-refractivity contribution is 7.80. The maximum Gasteiger partial charge on any atom is 0.339 e. The lowest BCUT2D eigenvalue weighted by atomic mass is 10.0. The lowest BCUT2D eigenvalue weighted by Gasteiger charge is -2.29. The van der Waals surface area contributed by atoms with Gasteiger partial charge in [-0.15, -0.1) is 0 Å². The molecule has 2 atom stereocenters. The molecule has 0 aliphatic carbocycles. The van der Waals surface area contributed by atoms with E-state index in [2.05, 4.69) is 15.2 Å². The Morgan fingerprint density at radius 1 is 0.833 bits per heavy atom. The topological polar surface area (TPSA) is 77.9 Å². The van der Waals surface area contributed by atoms with Crippen molar-refractivity contribution < 1.29 is 19.0 Å². The molecule has 8 nitrogen and oxygen atoms in total. The third-order valence-corrected chi connectivity index (χ3v) is 7.47. The first kappa shape index (κ1) is 27.0. The van der Waals surface area contributed by atoms with Crippen LogP contribution in [0.25, 0.3) is 5.69 Å². The van der Waals surface area contributed by atoms with Gasteiger partial charge in [0.2, 0.25) is 0 Å². The Labute approximate surface area is 249 Å². The summed E-state index contributed by atoms with van der Waals surface area (Å²) in [7, 11) is 3.02. The van der Waals surface area contributed by atoms with E-state index >= 15 is 0 Å². The summed E-state index contributed by atoms with van der Waals surface area (Å²) < 4.78 is 18.4. The van der Waals surface area contributed by atoms with Gasteiger partial charge in [0.25, 0.3) is 0 Å². The lowest BCUT2D eigenvalue weighted by molar-refractivity contribution is 0.0600. The van der Waals surface area contributed by atoms with Gasteiger partial charge < -0.3 is 29.0 Å². The molecule has 0 spiro atoms. The molecule has 0 radical (unpaired) electrons. The van der Waals surface area contributed by atoms with Gasteiger partial charge in [-0.1, -0.05) is 18.2 Å². The third-order valence-electron chi connectivity index (χ3n) is 7.16. The van der Waals surface area contributed by atoms with E-state index in [1.54, 1.807) is 19.4 Å². The largest absolute Gasteiger partial charge is 0.497 e. The Kier molecular flexibility index (Phi) is 7.57. The quantitative estimate of drug-likeness (QED) is 0.163. The zero-order valence-electron chi connectivity index (χ0n) is 23.0. The SMILES string of the molecule is COC(=O)c1ccccc1-n1cccc1[C@H]1[C@H](c2ccccn2)NC(=S)N1c1ccc(Oc2ccc(OC)cc2)cc1. The first-order valence-corrected chi connectivity index (χ1v) is 13.8. The fourth-order valence-electron chi connectivity index (χ4n) is 5.21. The number of methoxy groups -OCH3 is 2. The summed E-state index contributed by atoms with van der Waals surface area (Å²) in [6, 6.07) is 31.9. The number of esters is 1. The number of nitrogens with zero attached hydrogens (tertiary/aromatic N) is 3. The monoisotopic (exact) mass is 576 g/mol. The van der Waals surface area contributed by atoms with Crippen molar-refractivity contribution >= 4 is 29.0 Å². The molecule has 0 unspecified atom stereocenters. The highest BCUT2D eigenvalue weighted by Crippen LogP contribution is 2.43. The van der Waals surface area contributed by atoms with E-state index in [4.69, 9.17) is 26.4 Å². The van der Waals surface area contributed by atoms with Crippen LogP contribution in [0.4, 0.5) is 5.69 Å². The number of nitrogens with one attached hydrogen (secondary N) is 1. The van der Waals surface area contributed by atoms with E-state index in [1.165, 1.54) is 7.11 Å². The third kappa shape index (κ3) is 5.17. The average Bonchev–Trinajstić information content (AvgIpc) is 3.66. The molecule has 1 fully saturated rings. The first-order chi connectivity index (χ1) is 20.6. The zero-order chi connectivity index (χ0) is 29.1. The predicted molar refractivity (Wildman–Crippen MR) is 165 cm³/mol. The van der Waals surface area contributed by atoms with Crippen molar-refractivity contribution in [2.45, 2.75) is 12.1 Å². The summed E-state index contributed by atoms with van der Waals surface area (Å²) in [5.74, 6) is 1.75. The van der Waals surface area contributed by atoms with Gasteiger partial charge in [0.1, 0.15) is 23.3 Å². The number of thiocarbonyl (C=S) groups is 1. The van der Waals surface area contributed by atoms with Crippen LogP contribution in [-0.2, 0) is 4.74 Å². The van der Waals surface area contributed by atoms with Crippen molar-refractivity contribution in [2.24, 2.45) is 0 Å². The second-order valence-electron chi connectivity index (χ2n) is 9.58. The van der Waals surface area contributed by atoms with Crippen molar-refractivity contribution in [2.75, 3.05) is 19.1 Å². The van der Waals surface area contributed by atoms with Crippen LogP contribution in [0.2, 0.25) is 0 Å². The molecule has 1 aliphatic rings. The van der Waals surface area contributed by atoms with Crippen LogP contribution >= 0.6 is 12.2 Å². The first-order valence-electron chi connectivity index (χ1n) is 13.3. The molecule has 6 rings (SSSR count). The number of anilines is 1. The number of ether oxygens (including phenoxy) is 3. The molecule has 3 heterocycles. The molecular formula is C33H28N4O4S. The van der Waals surface area contributed by atoms with Crippen LogP contribution in [0.15, 0.2) is 116 Å². The molecule has 1 aliphatic heterocycles. The molecule has 9 heteroatoms. The van der Waals surface area contributed by atoms with Crippen molar-refractivity contribution in [1.82, 2.24) is 14.9 Å². The number of benzene rings is 3. The van der Waals surface area contributed by atoms with E-state index in [9.17, 15) is 4.79 Å². The van der Waals surface area contributed by atoms with Crippen molar-refractivity contribution in [3.8, 4) is 22.9 Å². The van der Waals surface area contributed by atoms with E-state index in [0.29, 0.717) is 27.9 Å². The number of aromatic nitrogens is 2. The second-order valence-corrected chi connectivity index (χ2v) is 9.97. The van der Waals surface area contributed by atoms with Crippen LogP contribution in [-0.4, -0.2) is 34.9 Å². The van der Waals surface area contributed by atoms with Gasteiger partial charge >= 0.3 is 5.97 Å². The van der Waals surface area contributed by atoms with E-state index < -0.39 is 5.97 Å². The van der Waals surface area contributed by atoms with Gasteiger partial charge in [0.15, 0.2) is 5.11 Å². The average molecular weight is 577 g/mol. The normalized spacial score (nSPS) is 16.1. The van der Waals surface area contributed by atoms with Crippen molar-refractivity contribution in [3.63, 3.8) is 0 Å². The maximum absolute atomic E-state index is 12.7. The number of hydrogen-bond acceptors (Lipinski definition) is 6. The van der Waals surface area contributed by atoms with Gasteiger partial charge in [-0.2, -0.15) is 0 Å². The molecule has 0 saturated carbocycles. The highest BCUT2D eigenvalue weighted by atomic mass is 32.1. The molecule has 1 saturated heterocycles. The Morgan fingerprint density at radius 2 is 1.52 bits per heavy atom. The smallest absolute Gasteiger partial charge is 0.339 e. The van der Waals surface area contributed by atoms with E-state index in [1.807, 2.05) is 108 Å². The second kappa shape index (κ2) is 11.8. The minimum atomic E-state index is -0.407. The Bertz CT molecular complexity index is 1700. The fraction of sp³-hybridized carbons (Fsp3) is 0.121. The van der Waals surface area contributed by atoms with Gasteiger partial charge in [0, 0.05) is 23.8 Å². The fourth-order valence-corrected chi connectivity index (χ4v) is 5.55. The van der Waals surface area contributed by atoms with Crippen LogP contribution in [0.5, 0.6) is 17.2 Å². The number of hydrogen-bond donors (Lipinski definition) is 1. The van der Waals surface area contributed by atoms with E-state index in [-0.39, 0.29) is 12.1 Å². The van der Waals surface area contributed by atoms with Crippen molar-refractivity contribution in [1.29, 1.82) is 0 Å². The zero-order valence-corrected chi connectivity index (χ0v) is 23.8. The summed E-state index contributed by atoms with van der Waals surface area (Å²) in [6.45, 7) is 0. The molecule has 0 amide bonds. The standard InChI is InChI=1S/C33H28N4O4S/c1-39-23-16-18-25(19-17-23)41-24-14-12-22(13-15-24)37-31(30(35-33(37)42)27-9-5-6-20-34-27)29-11-7-21-36(29)28-10-4-3-8-26(28)32(38)40-2/h3-21,30-31H,1-2H3,(H,35,42)/t30-,31-/m0/s1. The van der Waals surface area contributed by atoms with Crippen molar-refractivity contribution in [3.05, 3.63) is 132 Å². The molecular weight excluding hydrogens is 548 g/mol. The predicted octanol–water partition coefficient (Wildman–Crippen LogP) is 6.64. The van der Waals surface area contributed by atoms with Gasteiger partial charge in [-0.25, -0.2) is 4.79 Å². The number of pyridine rings is 1. The summed E-state index contributed by atoms with van der Waals surface area (Å²) >= 11 is 5.92. The van der Waals surface area contributed by atoms with Crippen LogP contribution in [0.1, 0.15) is 33.8 Å². The number of carbonyl (C=O) groups excluding carboxylic acids is 1. The summed E-state index contributed by atoms with van der Waals surface area (Å²) in [5, 5.41) is 4.06. The van der Waals surface area contributed by atoms with Gasteiger partial charge in [-0.3, -0.25) is 4.98 Å². The Morgan fingerprint density at radius 3 is 2.21 bits per heavy atom. The molecule has 1 N–H and O–H groups in total. The minimum absolute atomic E-state index is 0.257. The highest BCUT2D eigenvalue weighted by Gasteiger charge is 2.42. The number of carbonyl (C=O) groups is 1. The molecule has 2 aromatic heterocycles. The Balaban J connectivity index is 1.39. The van der Waals surface area contributed by atoms with Crippen LogP contribution in [0, 0.1) is 0 Å². The Hall–Kier alpha value is -5.15. The molecule has 0 bridgehead atoms. The molecule has 5 aromatic rings. The summed E-state index contributed by atoms with van der Waals surface area (Å²) in [5.41, 5.74) is 3.83. The maximum atomic E-state index is 12.7. The van der Waals surface area contributed by atoms with Crippen LogP contribution in [0.3, 0.4) is 0 Å². The lowest BCUT2D eigenvalue weighted by Crippen LogP contribution is -2.30. The van der Waals surface area contributed by atoms with Gasteiger partial charge in [-0.05, 0) is 97.1 Å². The molecule has 3 aromatic carbocycles. The molecule has 210 valence electrons. The van der Waals surface area contributed by atoms with Crippen LogP contribution < -0.4 is 19.7 Å². The minimum Gasteiger partial charge on any atom is -0.497 e. The summed E-state index contributed by atoms with van der Waals surface area (Å²) in [4.78, 5) is 19.4. The molecule has 42 heavy (non-hydrogen) atoms. The van der Waals surface area contributed by atoms with Gasteiger partial charge in [0.05, 0.1) is 37.2 Å². The van der Waals surface area contributed by atoms with E-state index in [0.717, 1.165) is 22.8 Å². The number of rotatable bonds is 8.